The average Bonchev–Trinajstić information content (AvgIpc) is 3.29. The van der Waals surface area contributed by atoms with Gasteiger partial charge < -0.3 is 19.0 Å². The van der Waals surface area contributed by atoms with Gasteiger partial charge in [-0.3, -0.25) is 9.59 Å². The number of esters is 1. The van der Waals surface area contributed by atoms with Crippen LogP contribution in [0.1, 0.15) is 17.2 Å². The number of thioether (sulfide) groups is 1. The van der Waals surface area contributed by atoms with Crippen LogP contribution in [0.5, 0.6) is 0 Å². The van der Waals surface area contributed by atoms with Crippen LogP contribution in [0.2, 0.25) is 0 Å². The third-order valence-electron chi connectivity index (χ3n) is 3.44. The predicted molar refractivity (Wildman–Crippen MR) is 101 cm³/mol. The Balaban J connectivity index is 1.38. The van der Waals surface area contributed by atoms with Crippen LogP contribution < -0.4 is 5.32 Å². The predicted octanol–water partition coefficient (Wildman–Crippen LogP) is 2.76. The summed E-state index contributed by atoms with van der Waals surface area (Å²) in [6.45, 7) is 3.57. The Bertz CT molecular complexity index is 968. The van der Waals surface area contributed by atoms with Crippen molar-refractivity contribution in [2.24, 2.45) is 0 Å². The van der Waals surface area contributed by atoms with Crippen LogP contribution in [0.15, 0.2) is 39.3 Å². The van der Waals surface area contributed by atoms with Crippen LogP contribution >= 0.6 is 11.8 Å². The summed E-state index contributed by atoms with van der Waals surface area (Å²) in [6.07, 6.45) is 0. The molecule has 1 N–H and O–H groups in total. The zero-order valence-corrected chi connectivity index (χ0v) is 16.1. The quantitative estimate of drug-likeness (QED) is 0.567. The van der Waals surface area contributed by atoms with Crippen LogP contribution in [0.3, 0.4) is 0 Å². The topological polar surface area (TPSA) is 120 Å². The maximum atomic E-state index is 11.8. The molecule has 0 bridgehead atoms. The first kappa shape index (κ1) is 19.6. The summed E-state index contributed by atoms with van der Waals surface area (Å²) in [7, 11) is 0. The van der Waals surface area contributed by atoms with Gasteiger partial charge in [0, 0.05) is 11.6 Å². The van der Waals surface area contributed by atoms with Crippen molar-refractivity contribution >= 4 is 29.5 Å². The molecule has 10 heteroatoms. The Morgan fingerprint density at radius 3 is 2.79 bits per heavy atom. The van der Waals surface area contributed by atoms with Gasteiger partial charge in [-0.25, -0.2) is 0 Å². The average molecular weight is 402 g/mol. The van der Waals surface area contributed by atoms with E-state index >= 15 is 0 Å². The normalized spacial score (nSPS) is 10.6. The highest BCUT2D eigenvalue weighted by atomic mass is 32.2. The van der Waals surface area contributed by atoms with Crippen LogP contribution in [-0.4, -0.2) is 38.7 Å². The number of benzene rings is 1. The van der Waals surface area contributed by atoms with Crippen molar-refractivity contribution in [3.05, 3.63) is 47.5 Å². The fraction of sp³-hybridized carbons (Fsp3) is 0.278. The second kappa shape index (κ2) is 9.18. The van der Waals surface area contributed by atoms with Gasteiger partial charge in [0.15, 0.2) is 12.4 Å². The largest absolute Gasteiger partial charge is 0.455 e. The fourth-order valence-electron chi connectivity index (χ4n) is 2.22. The Labute approximate surface area is 164 Å². The van der Waals surface area contributed by atoms with Gasteiger partial charge in [-0.2, -0.15) is 0 Å². The minimum absolute atomic E-state index is 0.0180. The van der Waals surface area contributed by atoms with E-state index in [4.69, 9.17) is 13.7 Å². The molecule has 0 unspecified atom stereocenters. The van der Waals surface area contributed by atoms with E-state index in [9.17, 15) is 9.59 Å². The molecule has 0 radical (unpaired) electrons. The van der Waals surface area contributed by atoms with E-state index in [0.717, 1.165) is 22.9 Å². The molecule has 0 atom stereocenters. The van der Waals surface area contributed by atoms with Crippen molar-refractivity contribution in [1.82, 2.24) is 15.4 Å². The van der Waals surface area contributed by atoms with Gasteiger partial charge in [0.05, 0.1) is 11.5 Å². The molecule has 2 aromatic heterocycles. The lowest BCUT2D eigenvalue weighted by Gasteiger charge is -2.02. The highest BCUT2D eigenvalue weighted by molar-refractivity contribution is 8.00. The summed E-state index contributed by atoms with van der Waals surface area (Å²) in [6, 6.07) is 9.24. The van der Waals surface area contributed by atoms with E-state index in [0.29, 0.717) is 17.5 Å². The first-order valence-electron chi connectivity index (χ1n) is 8.35. The highest BCUT2D eigenvalue weighted by Crippen LogP contribution is 2.19. The van der Waals surface area contributed by atoms with E-state index in [2.05, 4.69) is 20.7 Å². The van der Waals surface area contributed by atoms with Crippen molar-refractivity contribution in [2.45, 2.75) is 20.5 Å². The molecular formula is C18H18N4O5S. The number of ether oxygens (including phenoxy) is 1. The number of rotatable bonds is 8. The number of aryl methyl sites for hydroxylation is 2. The van der Waals surface area contributed by atoms with Crippen LogP contribution in [0.25, 0.3) is 11.5 Å². The standard InChI is InChI=1S/C18H18N4O5S/c1-11-4-3-5-13(6-11)18-21-20-16(26-18)8-25-17(24)10-28-9-15(23)19-14-7-12(2)27-22-14/h3-7H,8-10H2,1-2H3,(H,19,22,23). The number of nitrogens with zero attached hydrogens (tertiary/aromatic N) is 3. The molecule has 0 saturated heterocycles. The first-order valence-corrected chi connectivity index (χ1v) is 9.51. The lowest BCUT2D eigenvalue weighted by Crippen LogP contribution is -2.16. The van der Waals surface area contributed by atoms with Gasteiger partial charge in [-0.05, 0) is 26.0 Å². The smallest absolute Gasteiger partial charge is 0.316 e. The molecule has 2 heterocycles. The lowest BCUT2D eigenvalue weighted by atomic mass is 10.1. The van der Waals surface area contributed by atoms with E-state index in [1.54, 1.807) is 13.0 Å². The number of hydrogen-bond acceptors (Lipinski definition) is 9. The molecule has 9 nitrogen and oxygen atoms in total. The Kier molecular flexibility index (Phi) is 6.43. The zero-order chi connectivity index (χ0) is 19.9. The van der Waals surface area contributed by atoms with Crippen LogP contribution in [0.4, 0.5) is 5.82 Å². The van der Waals surface area contributed by atoms with E-state index < -0.39 is 5.97 Å². The molecule has 0 aliphatic carbocycles. The SMILES string of the molecule is Cc1cccc(-c2nnc(COC(=O)CSCC(=O)Nc3cc(C)on3)o2)c1. The van der Waals surface area contributed by atoms with Gasteiger partial charge in [0.25, 0.3) is 5.89 Å². The summed E-state index contributed by atoms with van der Waals surface area (Å²) in [5, 5.41) is 14.0. The van der Waals surface area contributed by atoms with Crippen molar-refractivity contribution in [3.8, 4) is 11.5 Å². The van der Waals surface area contributed by atoms with E-state index in [1.807, 2.05) is 31.2 Å². The second-order valence-corrected chi connectivity index (χ2v) is 6.88. The van der Waals surface area contributed by atoms with Crippen LogP contribution in [0, 0.1) is 13.8 Å². The Morgan fingerprint density at radius 2 is 2.04 bits per heavy atom. The van der Waals surface area contributed by atoms with E-state index in [1.165, 1.54) is 0 Å². The number of nitrogens with one attached hydrogen (secondary N) is 1. The molecule has 28 heavy (non-hydrogen) atoms. The van der Waals surface area contributed by atoms with E-state index in [-0.39, 0.29) is 29.9 Å². The summed E-state index contributed by atoms with van der Waals surface area (Å²) in [5.74, 6) is 0.835. The minimum atomic E-state index is -0.481. The number of carbonyl (C=O) groups is 2. The molecule has 1 amide bonds. The minimum Gasteiger partial charge on any atom is -0.455 e. The van der Waals surface area contributed by atoms with Gasteiger partial charge in [0.1, 0.15) is 5.76 Å². The fourth-order valence-corrected chi connectivity index (χ4v) is 2.83. The molecule has 0 saturated carbocycles. The van der Waals surface area contributed by atoms with Gasteiger partial charge in [-0.1, -0.05) is 22.9 Å². The number of amides is 1. The maximum Gasteiger partial charge on any atom is 0.316 e. The van der Waals surface area contributed by atoms with Gasteiger partial charge in [-0.15, -0.1) is 22.0 Å². The molecule has 1 aromatic carbocycles. The lowest BCUT2D eigenvalue weighted by molar-refractivity contribution is -0.142. The second-order valence-electron chi connectivity index (χ2n) is 5.89. The molecular weight excluding hydrogens is 384 g/mol. The zero-order valence-electron chi connectivity index (χ0n) is 15.3. The number of carbonyl (C=O) groups excluding carboxylic acids is 2. The Morgan fingerprint density at radius 1 is 1.18 bits per heavy atom. The summed E-state index contributed by atoms with van der Waals surface area (Å²) in [4.78, 5) is 23.5. The van der Waals surface area contributed by atoms with Crippen molar-refractivity contribution in [2.75, 3.05) is 16.8 Å². The number of aromatic nitrogens is 3. The maximum absolute atomic E-state index is 11.8. The van der Waals surface area contributed by atoms with Gasteiger partial charge in [0.2, 0.25) is 11.8 Å². The van der Waals surface area contributed by atoms with Crippen molar-refractivity contribution in [1.29, 1.82) is 0 Å². The number of anilines is 1. The highest BCUT2D eigenvalue weighted by Gasteiger charge is 2.12. The Hall–Kier alpha value is -3.14. The van der Waals surface area contributed by atoms with Crippen molar-refractivity contribution < 1.29 is 23.3 Å². The van der Waals surface area contributed by atoms with Gasteiger partial charge >= 0.3 is 5.97 Å². The van der Waals surface area contributed by atoms with Crippen molar-refractivity contribution in [3.63, 3.8) is 0 Å². The monoisotopic (exact) mass is 402 g/mol. The molecule has 0 aliphatic heterocycles. The summed E-state index contributed by atoms with van der Waals surface area (Å²) in [5.41, 5.74) is 1.87. The first-order chi connectivity index (χ1) is 13.5. The molecule has 0 spiro atoms. The third kappa shape index (κ3) is 5.68. The molecule has 3 aromatic rings. The summed E-state index contributed by atoms with van der Waals surface area (Å²) < 4.78 is 15.4. The molecule has 146 valence electrons. The molecule has 0 aliphatic rings. The number of hydrogen-bond donors (Lipinski definition) is 1. The third-order valence-corrected chi connectivity index (χ3v) is 4.34. The molecule has 3 rings (SSSR count). The summed E-state index contributed by atoms with van der Waals surface area (Å²) >= 11 is 1.12. The van der Waals surface area contributed by atoms with Crippen LogP contribution in [-0.2, 0) is 20.9 Å². The molecule has 0 fully saturated rings.